The molecule has 1 unspecified atom stereocenters. The summed E-state index contributed by atoms with van der Waals surface area (Å²) in [5.41, 5.74) is 4.19. The van der Waals surface area contributed by atoms with Gasteiger partial charge >= 0.3 is 0 Å². The van der Waals surface area contributed by atoms with E-state index in [1.165, 1.54) is 10.5 Å². The average Bonchev–Trinajstić information content (AvgIpc) is 2.34. The largest absolute Gasteiger partial charge is 0.271 e. The monoisotopic (exact) mass is 276 g/mol. The van der Waals surface area contributed by atoms with Crippen LogP contribution in [-0.4, -0.2) is 11.8 Å². The van der Waals surface area contributed by atoms with E-state index < -0.39 is 0 Å². The number of nitrogens with one attached hydrogen (secondary N) is 1. The van der Waals surface area contributed by atoms with Crippen molar-refractivity contribution in [1.29, 1.82) is 0 Å². The molecule has 1 aromatic rings. The Morgan fingerprint density at radius 1 is 1.26 bits per heavy atom. The number of nitrogens with two attached hydrogens (primary N) is 1. The van der Waals surface area contributed by atoms with E-state index in [0.29, 0.717) is 0 Å². The summed E-state index contributed by atoms with van der Waals surface area (Å²) in [6, 6.07) is 8.78. The van der Waals surface area contributed by atoms with E-state index in [4.69, 9.17) is 5.84 Å². The Morgan fingerprint density at radius 2 is 1.89 bits per heavy atom. The molecule has 3 N–H and O–H groups in total. The minimum atomic E-state index is 0.0588. The Balaban J connectivity index is 2.44. The Bertz CT molecular complexity index is 435. The molecule has 0 aliphatic heterocycles. The van der Waals surface area contributed by atoms with E-state index in [1.807, 2.05) is 11.8 Å². The normalized spacial score (nSPS) is 12.7. The van der Waals surface area contributed by atoms with Gasteiger partial charge in [-0.05, 0) is 39.8 Å². The van der Waals surface area contributed by atoms with Crippen molar-refractivity contribution in [2.24, 2.45) is 11.3 Å². The molecule has 1 aromatic carbocycles. The van der Waals surface area contributed by atoms with Gasteiger partial charge in [0, 0.05) is 28.5 Å². The van der Waals surface area contributed by atoms with Crippen molar-refractivity contribution in [2.75, 3.05) is 5.75 Å². The highest BCUT2D eigenvalue weighted by Crippen LogP contribution is 2.19. The number of benzene rings is 1. The molecule has 0 aliphatic rings. The van der Waals surface area contributed by atoms with E-state index in [2.05, 4.69) is 69.2 Å². The summed E-state index contributed by atoms with van der Waals surface area (Å²) in [4.78, 5) is 1.27. The zero-order valence-corrected chi connectivity index (χ0v) is 13.1. The molecule has 0 aromatic heterocycles. The molecule has 0 fully saturated rings. The molecule has 19 heavy (non-hydrogen) atoms. The van der Waals surface area contributed by atoms with Crippen LogP contribution in [0.3, 0.4) is 0 Å². The second-order valence-corrected chi connectivity index (χ2v) is 6.84. The molecule has 2 nitrogen and oxygen atoms in total. The highest BCUT2D eigenvalue weighted by molar-refractivity contribution is 7.99. The second kappa shape index (κ2) is 7.59. The van der Waals surface area contributed by atoms with Crippen molar-refractivity contribution in [3.63, 3.8) is 0 Å². The van der Waals surface area contributed by atoms with Crippen molar-refractivity contribution in [3.05, 3.63) is 29.8 Å². The first-order chi connectivity index (χ1) is 8.90. The topological polar surface area (TPSA) is 38.0 Å². The fourth-order valence-corrected chi connectivity index (χ4v) is 2.37. The first-order valence-electron chi connectivity index (χ1n) is 6.56. The van der Waals surface area contributed by atoms with Crippen LogP contribution in [0.4, 0.5) is 0 Å². The summed E-state index contributed by atoms with van der Waals surface area (Å²) in [7, 11) is 0. The van der Waals surface area contributed by atoms with E-state index in [9.17, 15) is 0 Å². The standard InChI is InChI=1S/C16H24N2S/c1-13-7-9-15(10-8-13)19-12-14(18-17)6-5-11-16(2,3)4/h7-10,14,18H,6,12,17H2,1-4H3. The molecule has 0 bridgehead atoms. The van der Waals surface area contributed by atoms with Gasteiger partial charge in [-0.25, -0.2) is 0 Å². The van der Waals surface area contributed by atoms with Gasteiger partial charge in [0.15, 0.2) is 0 Å². The number of hydrogen-bond acceptors (Lipinski definition) is 3. The minimum Gasteiger partial charge on any atom is -0.271 e. The van der Waals surface area contributed by atoms with E-state index in [0.717, 1.165) is 12.2 Å². The molecule has 0 saturated carbocycles. The highest BCUT2D eigenvalue weighted by atomic mass is 32.2. The maximum absolute atomic E-state index is 5.58. The summed E-state index contributed by atoms with van der Waals surface area (Å²) in [5.74, 6) is 13.0. The zero-order valence-electron chi connectivity index (χ0n) is 12.3. The van der Waals surface area contributed by atoms with Gasteiger partial charge in [-0.15, -0.1) is 17.7 Å². The lowest BCUT2D eigenvalue weighted by Crippen LogP contribution is -2.36. The Kier molecular flexibility index (Phi) is 6.44. The van der Waals surface area contributed by atoms with E-state index in [-0.39, 0.29) is 11.5 Å². The van der Waals surface area contributed by atoms with Gasteiger partial charge in [0.05, 0.1) is 0 Å². The van der Waals surface area contributed by atoms with Crippen LogP contribution in [0.25, 0.3) is 0 Å². The lowest BCUT2D eigenvalue weighted by molar-refractivity contribution is 0.564. The first kappa shape index (κ1) is 16.1. The molecule has 0 heterocycles. The van der Waals surface area contributed by atoms with Crippen LogP contribution in [0.5, 0.6) is 0 Å². The molecule has 104 valence electrons. The average molecular weight is 276 g/mol. The highest BCUT2D eigenvalue weighted by Gasteiger charge is 2.07. The van der Waals surface area contributed by atoms with Crippen LogP contribution >= 0.6 is 11.8 Å². The van der Waals surface area contributed by atoms with Crippen LogP contribution in [0.15, 0.2) is 29.2 Å². The number of hydrazine groups is 1. The Morgan fingerprint density at radius 3 is 2.42 bits per heavy atom. The van der Waals surface area contributed by atoms with Crippen molar-refractivity contribution in [2.45, 2.75) is 45.1 Å². The summed E-state index contributed by atoms with van der Waals surface area (Å²) in [6.45, 7) is 8.45. The van der Waals surface area contributed by atoms with Gasteiger partial charge in [-0.2, -0.15) is 0 Å². The summed E-state index contributed by atoms with van der Waals surface area (Å²) in [5, 5.41) is 0. The summed E-state index contributed by atoms with van der Waals surface area (Å²) >= 11 is 1.81. The second-order valence-electron chi connectivity index (χ2n) is 5.74. The predicted octanol–water partition coefficient (Wildman–Crippen LogP) is 3.36. The number of thioether (sulfide) groups is 1. The molecular formula is C16H24N2S. The molecule has 0 aliphatic carbocycles. The Labute approximate surface area is 121 Å². The van der Waals surface area contributed by atoms with Crippen molar-refractivity contribution >= 4 is 11.8 Å². The molecule has 0 spiro atoms. The molecular weight excluding hydrogens is 252 g/mol. The fraction of sp³-hybridized carbons (Fsp3) is 0.500. The lowest BCUT2D eigenvalue weighted by Gasteiger charge is -2.13. The van der Waals surface area contributed by atoms with Gasteiger partial charge < -0.3 is 0 Å². The third-order valence-electron chi connectivity index (χ3n) is 2.52. The molecule has 0 saturated heterocycles. The van der Waals surface area contributed by atoms with Gasteiger partial charge in [0.2, 0.25) is 0 Å². The smallest absolute Gasteiger partial charge is 0.0413 e. The maximum atomic E-state index is 5.58. The van der Waals surface area contributed by atoms with Crippen molar-refractivity contribution < 1.29 is 0 Å². The number of aryl methyl sites for hydroxylation is 1. The van der Waals surface area contributed by atoms with Crippen molar-refractivity contribution in [3.8, 4) is 11.8 Å². The maximum Gasteiger partial charge on any atom is 0.0413 e. The summed E-state index contributed by atoms with van der Waals surface area (Å²) < 4.78 is 0. The first-order valence-corrected chi connectivity index (χ1v) is 7.55. The SMILES string of the molecule is Cc1ccc(SCC(CC#CC(C)(C)C)NN)cc1. The summed E-state index contributed by atoms with van der Waals surface area (Å²) in [6.07, 6.45) is 0.784. The van der Waals surface area contributed by atoms with Gasteiger partial charge in [-0.1, -0.05) is 23.6 Å². The quantitative estimate of drug-likeness (QED) is 0.375. The van der Waals surface area contributed by atoms with Crippen LogP contribution in [-0.2, 0) is 0 Å². The van der Waals surface area contributed by atoms with Crippen LogP contribution in [0, 0.1) is 24.2 Å². The zero-order chi connectivity index (χ0) is 14.3. The molecule has 3 heteroatoms. The predicted molar refractivity (Wildman–Crippen MR) is 84.9 cm³/mol. The van der Waals surface area contributed by atoms with Crippen LogP contribution in [0.1, 0.15) is 32.8 Å². The third kappa shape index (κ3) is 7.27. The number of rotatable bonds is 5. The fourth-order valence-electron chi connectivity index (χ4n) is 1.44. The van der Waals surface area contributed by atoms with Crippen molar-refractivity contribution in [1.82, 2.24) is 5.43 Å². The Hall–Kier alpha value is -0.950. The minimum absolute atomic E-state index is 0.0588. The molecule has 0 radical (unpaired) electrons. The van der Waals surface area contributed by atoms with Gasteiger partial charge in [0.25, 0.3) is 0 Å². The van der Waals surface area contributed by atoms with E-state index in [1.54, 1.807) is 0 Å². The van der Waals surface area contributed by atoms with Crippen LogP contribution < -0.4 is 11.3 Å². The molecule has 1 atom stereocenters. The van der Waals surface area contributed by atoms with Gasteiger partial charge in [-0.3, -0.25) is 11.3 Å². The van der Waals surface area contributed by atoms with Crippen LogP contribution in [0.2, 0.25) is 0 Å². The molecule has 0 amide bonds. The number of hydrogen-bond donors (Lipinski definition) is 2. The third-order valence-corrected chi connectivity index (χ3v) is 3.69. The molecule has 1 rings (SSSR count). The van der Waals surface area contributed by atoms with E-state index >= 15 is 0 Å². The lowest BCUT2D eigenvalue weighted by atomic mass is 9.97. The van der Waals surface area contributed by atoms with Gasteiger partial charge in [0.1, 0.15) is 0 Å².